The van der Waals surface area contributed by atoms with Gasteiger partial charge >= 0.3 is 330 Å². The van der Waals surface area contributed by atoms with Crippen LogP contribution in [0.5, 0.6) is 0 Å². The van der Waals surface area contributed by atoms with Gasteiger partial charge in [0.15, 0.2) is 0 Å². The van der Waals surface area contributed by atoms with Crippen LogP contribution in [0.3, 0.4) is 0 Å². The summed E-state index contributed by atoms with van der Waals surface area (Å²) in [4.78, 5) is 0. The van der Waals surface area contributed by atoms with Crippen molar-refractivity contribution in [3.63, 3.8) is 0 Å². The molecular weight excluding hydrogens is 974 g/mol. The molecule has 0 saturated heterocycles. The second-order valence-corrected chi connectivity index (χ2v) is 28.9. The zero-order chi connectivity index (χ0) is 36.6. The molecule has 0 nitrogen and oxygen atoms in total. The first-order chi connectivity index (χ1) is 23.2. The van der Waals surface area contributed by atoms with E-state index in [1.165, 1.54) is 44.5 Å². The third kappa shape index (κ3) is 8.55. The number of fused-ring (bicyclic) bond motifs is 3. The quantitative estimate of drug-likeness (QED) is 0.157. The number of hydrogen-bond donors (Lipinski definition) is 0. The van der Waals surface area contributed by atoms with Gasteiger partial charge < -0.3 is 0 Å². The molecule has 0 atom stereocenters. The summed E-state index contributed by atoms with van der Waals surface area (Å²) in [6.07, 6.45) is 9.27. The van der Waals surface area contributed by atoms with Gasteiger partial charge in [0.25, 0.3) is 0 Å². The first-order valence-electron chi connectivity index (χ1n) is 18.2. The molecule has 0 fully saturated rings. The summed E-state index contributed by atoms with van der Waals surface area (Å²) < 4.78 is 7.24. The molecule has 0 N–H and O–H groups in total. The molecule has 2 aliphatic carbocycles. The van der Waals surface area contributed by atoms with E-state index in [4.69, 9.17) is 0 Å². The summed E-state index contributed by atoms with van der Waals surface area (Å²) in [7, 11) is 0. The van der Waals surface area contributed by atoms with Crippen molar-refractivity contribution in [3.05, 3.63) is 142 Å². The number of benzene rings is 4. The third-order valence-corrected chi connectivity index (χ3v) is 22.7. The molecule has 0 bridgehead atoms. The van der Waals surface area contributed by atoms with Crippen LogP contribution in [0.1, 0.15) is 134 Å². The van der Waals surface area contributed by atoms with E-state index in [1.807, 2.05) is 0 Å². The van der Waals surface area contributed by atoms with Crippen molar-refractivity contribution >= 4 is 63.2 Å². The molecule has 0 radical (unpaired) electrons. The monoisotopic (exact) mass is 1030 g/mol. The fourth-order valence-electron chi connectivity index (χ4n) is 8.03. The van der Waals surface area contributed by atoms with E-state index in [-0.39, 0.29) is 46.5 Å². The number of halogens is 4. The Morgan fingerprint density at radius 2 is 1.04 bits per heavy atom. The third-order valence-electron chi connectivity index (χ3n) is 10.4. The van der Waals surface area contributed by atoms with Crippen LogP contribution < -0.4 is 3.32 Å². The summed E-state index contributed by atoms with van der Waals surface area (Å²) in [6.45, 7) is 29.0. The average molecular weight is 1030 g/mol. The maximum absolute atomic E-state index is 3.75. The molecule has 0 saturated carbocycles. The standard InChI is InChI=1S/C29H41.C13H8Br2.C5H5.2ClH.Hf/c1-26(2,3)22-14-18-13-19-15-23(27(4,5)6)25(29(10,11)12)17-21(19)20(18)16-24(22)28(7,8)9;14-12-5-1-10(2-6-12)9-11-3-7-13(15)8-4-11;1-2-4-5-3-1;;;/h14,16-17H,13H2,1-12H3;1-8H;1-3H,4H2;2*1H;. The molecule has 2 aliphatic rings. The molecule has 5 heteroatoms. The van der Waals surface area contributed by atoms with Crippen LogP contribution in [0, 0.1) is 0 Å². The topological polar surface area (TPSA) is 0 Å². The number of hydrogen-bond acceptors (Lipinski definition) is 0. The van der Waals surface area contributed by atoms with Gasteiger partial charge in [-0.05, 0) is 0 Å². The zero-order valence-electron chi connectivity index (χ0n) is 33.1. The SMILES string of the molecule is CC(C)(C)c1cc2c(cc1C(C)(C)C)-c1cc(C(C)(C)C)c(C(C)(C)C)[c]([Hf]([C]3=CC=CC3)=[C](c3ccc(Br)cc3)c3ccc(Br)cc3)c1C2.Cl.Cl. The molecule has 276 valence electrons. The van der Waals surface area contributed by atoms with Crippen molar-refractivity contribution in [1.29, 1.82) is 0 Å². The average Bonchev–Trinajstić information content (AvgIpc) is 3.66. The van der Waals surface area contributed by atoms with Crippen molar-refractivity contribution in [2.75, 3.05) is 0 Å². The van der Waals surface area contributed by atoms with E-state index in [2.05, 4.69) is 200 Å². The largest absolute Gasteiger partial charge is 0.147 e. The van der Waals surface area contributed by atoms with Gasteiger partial charge in [0.2, 0.25) is 0 Å². The van der Waals surface area contributed by atoms with E-state index in [0.717, 1.165) is 21.8 Å². The molecule has 4 aromatic rings. The summed E-state index contributed by atoms with van der Waals surface area (Å²) in [5.74, 6) is 0. The minimum Gasteiger partial charge on any atom is -0.147 e. The molecule has 6 rings (SSSR count). The van der Waals surface area contributed by atoms with Crippen LogP contribution in [0.25, 0.3) is 11.1 Å². The second kappa shape index (κ2) is 15.6. The molecule has 0 amide bonds. The maximum atomic E-state index is 3.75. The minimum absolute atomic E-state index is 0. The maximum Gasteiger partial charge on any atom is -0.147 e. The Labute approximate surface area is 351 Å². The van der Waals surface area contributed by atoms with E-state index < -0.39 is 21.0 Å². The van der Waals surface area contributed by atoms with Crippen molar-refractivity contribution in [3.8, 4) is 11.1 Å². The van der Waals surface area contributed by atoms with Crippen LogP contribution in [-0.4, -0.2) is 3.26 Å². The molecule has 0 heterocycles. The first-order valence-corrected chi connectivity index (χ1v) is 25.2. The van der Waals surface area contributed by atoms with Crippen LogP contribution in [-0.2, 0) is 49.0 Å². The van der Waals surface area contributed by atoms with Crippen molar-refractivity contribution < 1.29 is 21.0 Å². The Hall–Kier alpha value is -1.36. The van der Waals surface area contributed by atoms with Gasteiger partial charge in [0.1, 0.15) is 0 Å². The van der Waals surface area contributed by atoms with Crippen LogP contribution >= 0.6 is 56.7 Å². The predicted molar refractivity (Wildman–Crippen MR) is 237 cm³/mol. The van der Waals surface area contributed by atoms with Gasteiger partial charge in [-0.2, -0.15) is 0 Å². The molecule has 52 heavy (non-hydrogen) atoms. The summed E-state index contributed by atoms with van der Waals surface area (Å²) in [5.41, 5.74) is 14.9. The molecule has 0 aromatic heterocycles. The van der Waals surface area contributed by atoms with E-state index in [0.29, 0.717) is 0 Å². The second-order valence-electron chi connectivity index (χ2n) is 18.5. The van der Waals surface area contributed by atoms with Crippen LogP contribution in [0.4, 0.5) is 0 Å². The summed E-state index contributed by atoms with van der Waals surface area (Å²) in [5, 5.41) is 0. The minimum atomic E-state index is -3.21. The fourth-order valence-corrected chi connectivity index (χ4v) is 21.8. The first kappa shape index (κ1) is 43.4. The predicted octanol–water partition coefficient (Wildman–Crippen LogP) is 14.2. The number of allylic oxidation sites excluding steroid dienone is 4. The van der Waals surface area contributed by atoms with E-state index in [1.54, 1.807) is 21.0 Å². The Bertz CT molecular complexity index is 2020. The molecule has 0 spiro atoms. The molecular formula is C47H56Br2Cl2Hf. The van der Waals surface area contributed by atoms with Crippen LogP contribution in [0.2, 0.25) is 0 Å². The summed E-state index contributed by atoms with van der Waals surface area (Å²) >= 11 is 4.30. The fraction of sp³-hybridized carbons (Fsp3) is 0.383. The van der Waals surface area contributed by atoms with Gasteiger partial charge in [-0.15, -0.1) is 24.8 Å². The van der Waals surface area contributed by atoms with Gasteiger partial charge in [-0.25, -0.2) is 0 Å². The summed E-state index contributed by atoms with van der Waals surface area (Å²) in [6, 6.07) is 26.2. The van der Waals surface area contributed by atoms with Crippen molar-refractivity contribution in [2.24, 2.45) is 0 Å². The zero-order valence-corrected chi connectivity index (χ0v) is 41.5. The number of rotatable bonds is 4. The van der Waals surface area contributed by atoms with Gasteiger partial charge in [-0.3, -0.25) is 0 Å². The molecule has 0 unspecified atom stereocenters. The van der Waals surface area contributed by atoms with Gasteiger partial charge in [-0.1, -0.05) is 0 Å². The van der Waals surface area contributed by atoms with Crippen LogP contribution in [0.15, 0.2) is 97.2 Å². The Morgan fingerprint density at radius 1 is 0.577 bits per heavy atom. The Morgan fingerprint density at radius 3 is 1.46 bits per heavy atom. The molecule has 0 aliphatic heterocycles. The van der Waals surface area contributed by atoms with E-state index in [9.17, 15) is 0 Å². The smallest absolute Gasteiger partial charge is 0.147 e. The van der Waals surface area contributed by atoms with Gasteiger partial charge in [0.05, 0.1) is 0 Å². The Balaban J connectivity index is 0.00000302. The van der Waals surface area contributed by atoms with E-state index >= 15 is 0 Å². The van der Waals surface area contributed by atoms with Gasteiger partial charge in [0, 0.05) is 0 Å². The van der Waals surface area contributed by atoms with Crippen molar-refractivity contribution in [1.82, 2.24) is 0 Å². The molecule has 4 aromatic carbocycles. The Kier molecular flexibility index (Phi) is 13.0. The normalized spacial score (nSPS) is 13.9. The van der Waals surface area contributed by atoms with Crippen molar-refractivity contribution in [2.45, 2.75) is 118 Å².